The maximum Gasteiger partial charge on any atom is 0.257 e. The smallest absolute Gasteiger partial charge is 0.257 e. The largest absolute Gasteiger partial charge is 0.493 e. The van der Waals surface area contributed by atoms with Crippen LogP contribution in [-0.4, -0.2) is 61.0 Å². The molecule has 31 heavy (non-hydrogen) atoms. The van der Waals surface area contributed by atoms with Gasteiger partial charge in [-0.05, 0) is 43.5 Å². The summed E-state index contributed by atoms with van der Waals surface area (Å²) in [4.78, 5) is 30.0. The molecule has 0 N–H and O–H groups in total. The molecule has 1 saturated heterocycles. The Morgan fingerprint density at radius 1 is 0.710 bits per heavy atom. The van der Waals surface area contributed by atoms with Crippen LogP contribution in [0.3, 0.4) is 0 Å². The Morgan fingerprint density at radius 3 is 1.55 bits per heavy atom. The van der Waals surface area contributed by atoms with Crippen LogP contribution in [0, 0.1) is 0 Å². The van der Waals surface area contributed by atoms with Gasteiger partial charge in [0, 0.05) is 26.2 Å². The van der Waals surface area contributed by atoms with Crippen LogP contribution < -0.4 is 9.47 Å². The highest BCUT2D eigenvalue weighted by Gasteiger charge is 2.26. The standard InChI is InChI=1S/C25H32N2O4/c1-3-18-30-22-12-7-5-10-20(22)24(28)26-14-9-15-27(17-16-26)25(29)21-11-6-8-13-23(21)31-19-4-2/h5-8,10-13H,3-4,9,14-19H2,1-2H3. The number of hydrogen-bond acceptors (Lipinski definition) is 4. The van der Waals surface area contributed by atoms with E-state index >= 15 is 0 Å². The summed E-state index contributed by atoms with van der Waals surface area (Å²) in [5.74, 6) is 1.14. The molecule has 0 atom stereocenters. The molecule has 2 aromatic carbocycles. The van der Waals surface area contributed by atoms with Gasteiger partial charge in [-0.25, -0.2) is 0 Å². The Morgan fingerprint density at radius 2 is 1.13 bits per heavy atom. The van der Waals surface area contributed by atoms with Crippen LogP contribution in [0.5, 0.6) is 11.5 Å². The quantitative estimate of drug-likeness (QED) is 0.636. The molecule has 0 saturated carbocycles. The molecular formula is C25H32N2O4. The topological polar surface area (TPSA) is 59.1 Å². The molecular weight excluding hydrogens is 392 g/mol. The van der Waals surface area contributed by atoms with Gasteiger partial charge < -0.3 is 19.3 Å². The number of rotatable bonds is 8. The minimum atomic E-state index is -0.0484. The number of ether oxygens (including phenoxy) is 2. The van der Waals surface area contributed by atoms with E-state index in [9.17, 15) is 9.59 Å². The lowest BCUT2D eigenvalue weighted by atomic mass is 10.1. The number of nitrogens with zero attached hydrogens (tertiary/aromatic N) is 2. The Labute approximate surface area is 184 Å². The molecule has 6 heteroatoms. The predicted octanol–water partition coefficient (Wildman–Crippen LogP) is 4.25. The van der Waals surface area contributed by atoms with E-state index in [1.54, 1.807) is 0 Å². The predicted molar refractivity (Wildman–Crippen MR) is 121 cm³/mol. The third kappa shape index (κ3) is 5.78. The first-order valence-corrected chi connectivity index (χ1v) is 11.2. The first kappa shape index (κ1) is 22.7. The number of carbonyl (C=O) groups excluding carboxylic acids is 2. The number of carbonyl (C=O) groups is 2. The summed E-state index contributed by atoms with van der Waals surface area (Å²) >= 11 is 0. The number of para-hydroxylation sites is 2. The summed E-state index contributed by atoms with van der Waals surface area (Å²) in [6.07, 6.45) is 2.49. The van der Waals surface area contributed by atoms with Crippen LogP contribution in [0.25, 0.3) is 0 Å². The van der Waals surface area contributed by atoms with E-state index in [2.05, 4.69) is 0 Å². The van der Waals surface area contributed by atoms with Crippen molar-refractivity contribution in [1.82, 2.24) is 9.80 Å². The fourth-order valence-corrected chi connectivity index (χ4v) is 3.63. The molecule has 0 radical (unpaired) electrons. The van der Waals surface area contributed by atoms with Crippen LogP contribution in [0.15, 0.2) is 48.5 Å². The van der Waals surface area contributed by atoms with E-state index in [4.69, 9.17) is 9.47 Å². The van der Waals surface area contributed by atoms with E-state index in [-0.39, 0.29) is 11.8 Å². The molecule has 1 aliphatic heterocycles. The summed E-state index contributed by atoms with van der Waals surface area (Å²) in [5, 5.41) is 0. The molecule has 2 amide bonds. The highest BCUT2D eigenvalue weighted by Crippen LogP contribution is 2.23. The van der Waals surface area contributed by atoms with Crippen LogP contribution in [-0.2, 0) is 0 Å². The van der Waals surface area contributed by atoms with Crippen molar-refractivity contribution < 1.29 is 19.1 Å². The number of amides is 2. The lowest BCUT2D eigenvalue weighted by Crippen LogP contribution is -2.37. The van der Waals surface area contributed by atoms with Gasteiger partial charge in [0.25, 0.3) is 11.8 Å². The van der Waals surface area contributed by atoms with Gasteiger partial charge in [-0.3, -0.25) is 9.59 Å². The minimum Gasteiger partial charge on any atom is -0.493 e. The highest BCUT2D eigenvalue weighted by molar-refractivity contribution is 5.98. The van der Waals surface area contributed by atoms with E-state index in [1.807, 2.05) is 72.2 Å². The van der Waals surface area contributed by atoms with Crippen molar-refractivity contribution in [2.24, 2.45) is 0 Å². The number of benzene rings is 2. The van der Waals surface area contributed by atoms with E-state index < -0.39 is 0 Å². The number of hydrogen-bond donors (Lipinski definition) is 0. The van der Waals surface area contributed by atoms with Crippen molar-refractivity contribution in [3.05, 3.63) is 59.7 Å². The molecule has 0 aromatic heterocycles. The molecule has 1 heterocycles. The van der Waals surface area contributed by atoms with Crippen LogP contribution >= 0.6 is 0 Å². The van der Waals surface area contributed by atoms with Gasteiger partial charge in [0.05, 0.1) is 24.3 Å². The minimum absolute atomic E-state index is 0.0484. The molecule has 0 unspecified atom stereocenters. The summed E-state index contributed by atoms with van der Waals surface area (Å²) in [5.41, 5.74) is 1.16. The Hall–Kier alpha value is -3.02. The molecule has 3 rings (SSSR count). The van der Waals surface area contributed by atoms with Crippen molar-refractivity contribution in [2.45, 2.75) is 33.1 Å². The monoisotopic (exact) mass is 424 g/mol. The molecule has 0 bridgehead atoms. The van der Waals surface area contributed by atoms with Gasteiger partial charge in [0.1, 0.15) is 11.5 Å². The summed E-state index contributed by atoms with van der Waals surface area (Å²) in [7, 11) is 0. The second-order valence-electron chi connectivity index (χ2n) is 7.63. The molecule has 1 fully saturated rings. The van der Waals surface area contributed by atoms with Gasteiger partial charge in [-0.2, -0.15) is 0 Å². The average Bonchev–Trinajstić information content (AvgIpc) is 3.07. The van der Waals surface area contributed by atoms with Gasteiger partial charge in [-0.1, -0.05) is 38.1 Å². The maximum absolute atomic E-state index is 13.2. The van der Waals surface area contributed by atoms with Crippen LogP contribution in [0.2, 0.25) is 0 Å². The van der Waals surface area contributed by atoms with Crippen molar-refractivity contribution >= 4 is 11.8 Å². The lowest BCUT2D eigenvalue weighted by molar-refractivity contribution is 0.0714. The fourth-order valence-electron chi connectivity index (χ4n) is 3.63. The Balaban J connectivity index is 1.69. The zero-order chi connectivity index (χ0) is 22.1. The maximum atomic E-state index is 13.2. The van der Waals surface area contributed by atoms with Gasteiger partial charge in [0.2, 0.25) is 0 Å². The first-order valence-electron chi connectivity index (χ1n) is 11.2. The first-order chi connectivity index (χ1) is 15.2. The van der Waals surface area contributed by atoms with Crippen molar-refractivity contribution in [3.8, 4) is 11.5 Å². The fraction of sp³-hybridized carbons (Fsp3) is 0.440. The molecule has 6 nitrogen and oxygen atoms in total. The second-order valence-corrected chi connectivity index (χ2v) is 7.63. The van der Waals surface area contributed by atoms with E-state index in [0.29, 0.717) is 62.0 Å². The molecule has 166 valence electrons. The Kier molecular flexibility index (Phi) is 8.33. The Bertz CT molecular complexity index is 812. The zero-order valence-electron chi connectivity index (χ0n) is 18.5. The second kappa shape index (κ2) is 11.4. The SMILES string of the molecule is CCCOc1ccccc1C(=O)N1CCCN(C(=O)c2ccccc2OCCC)CC1. The van der Waals surface area contributed by atoms with Gasteiger partial charge in [-0.15, -0.1) is 0 Å². The molecule has 0 aliphatic carbocycles. The van der Waals surface area contributed by atoms with Crippen LogP contribution in [0.1, 0.15) is 53.8 Å². The molecule has 1 aliphatic rings. The normalized spacial score (nSPS) is 14.1. The van der Waals surface area contributed by atoms with E-state index in [0.717, 1.165) is 19.3 Å². The summed E-state index contributed by atoms with van der Waals surface area (Å²) in [6, 6.07) is 14.8. The third-order valence-electron chi connectivity index (χ3n) is 5.23. The van der Waals surface area contributed by atoms with Gasteiger partial charge >= 0.3 is 0 Å². The zero-order valence-corrected chi connectivity index (χ0v) is 18.5. The van der Waals surface area contributed by atoms with Crippen molar-refractivity contribution in [3.63, 3.8) is 0 Å². The third-order valence-corrected chi connectivity index (χ3v) is 5.23. The van der Waals surface area contributed by atoms with Crippen molar-refractivity contribution in [1.29, 1.82) is 0 Å². The van der Waals surface area contributed by atoms with E-state index in [1.165, 1.54) is 0 Å². The van der Waals surface area contributed by atoms with Crippen LogP contribution in [0.4, 0.5) is 0 Å². The summed E-state index contributed by atoms with van der Waals surface area (Å²) in [6.45, 7) is 7.43. The lowest BCUT2D eigenvalue weighted by Gasteiger charge is -2.23. The molecule has 0 spiro atoms. The average molecular weight is 425 g/mol. The highest BCUT2D eigenvalue weighted by atomic mass is 16.5. The van der Waals surface area contributed by atoms with Crippen molar-refractivity contribution in [2.75, 3.05) is 39.4 Å². The molecule has 2 aromatic rings. The summed E-state index contributed by atoms with van der Waals surface area (Å²) < 4.78 is 11.5. The van der Waals surface area contributed by atoms with Gasteiger partial charge in [0.15, 0.2) is 0 Å².